The van der Waals surface area contributed by atoms with Crippen molar-refractivity contribution >= 4 is 5.91 Å². The van der Waals surface area contributed by atoms with E-state index in [2.05, 4.69) is 25.3 Å². The maximum Gasteiger partial charge on any atom is 0.227 e. The highest BCUT2D eigenvalue weighted by atomic mass is 16.5. The number of H-pyrrole nitrogens is 1. The average molecular weight is 368 g/mol. The predicted molar refractivity (Wildman–Crippen MR) is 94.4 cm³/mol. The highest BCUT2D eigenvalue weighted by Gasteiger charge is 2.26. The van der Waals surface area contributed by atoms with Crippen molar-refractivity contribution in [2.75, 3.05) is 19.7 Å². The van der Waals surface area contributed by atoms with Gasteiger partial charge in [-0.25, -0.2) is 4.98 Å². The van der Waals surface area contributed by atoms with E-state index in [0.29, 0.717) is 44.3 Å². The smallest absolute Gasteiger partial charge is 0.227 e. The molecular formula is C18H20N6O3. The molecule has 1 amide bonds. The summed E-state index contributed by atoms with van der Waals surface area (Å²) in [5.74, 6) is 1.11. The zero-order valence-electron chi connectivity index (χ0n) is 15.0. The summed E-state index contributed by atoms with van der Waals surface area (Å²) in [5.41, 5.74) is 2.54. The van der Waals surface area contributed by atoms with E-state index in [0.717, 1.165) is 17.0 Å². The monoisotopic (exact) mass is 368 g/mol. The molecule has 27 heavy (non-hydrogen) atoms. The van der Waals surface area contributed by atoms with Crippen LogP contribution in [0.5, 0.6) is 0 Å². The van der Waals surface area contributed by atoms with Crippen molar-refractivity contribution in [1.29, 1.82) is 0 Å². The third-order valence-electron chi connectivity index (χ3n) is 4.44. The number of carbonyl (C=O) groups excluding carboxylic acids is 1. The highest BCUT2D eigenvalue weighted by molar-refractivity contribution is 5.76. The summed E-state index contributed by atoms with van der Waals surface area (Å²) in [6.07, 6.45) is 4.04. The number of aromatic nitrogens is 5. The van der Waals surface area contributed by atoms with Crippen molar-refractivity contribution in [3.63, 3.8) is 0 Å². The van der Waals surface area contributed by atoms with Crippen LogP contribution < -0.4 is 0 Å². The molecule has 3 aromatic rings. The van der Waals surface area contributed by atoms with Crippen LogP contribution in [0.25, 0.3) is 11.3 Å². The number of nitrogens with one attached hydrogen (secondary N) is 1. The van der Waals surface area contributed by atoms with Gasteiger partial charge >= 0.3 is 0 Å². The van der Waals surface area contributed by atoms with Gasteiger partial charge in [0.05, 0.1) is 30.7 Å². The second kappa shape index (κ2) is 7.67. The van der Waals surface area contributed by atoms with E-state index in [4.69, 9.17) is 9.26 Å². The molecule has 1 aliphatic heterocycles. The SMILES string of the molecule is Cc1noc(CCC(=O)N2CCOC(c3cccc(-c4cn[nH]c4)n3)C2)n1. The number of nitrogens with zero attached hydrogens (tertiary/aromatic N) is 5. The zero-order chi connectivity index (χ0) is 18.6. The Bertz CT molecular complexity index is 907. The van der Waals surface area contributed by atoms with Crippen LogP contribution in [-0.2, 0) is 16.0 Å². The second-order valence-corrected chi connectivity index (χ2v) is 6.37. The van der Waals surface area contributed by atoms with Crippen LogP contribution in [-0.4, -0.2) is 55.8 Å². The fraction of sp³-hybridized carbons (Fsp3) is 0.389. The summed E-state index contributed by atoms with van der Waals surface area (Å²) in [4.78, 5) is 23.2. The second-order valence-electron chi connectivity index (χ2n) is 6.37. The number of pyridine rings is 1. The number of ether oxygens (including phenoxy) is 1. The Kier molecular flexibility index (Phi) is 4.93. The lowest BCUT2D eigenvalue weighted by Crippen LogP contribution is -2.42. The summed E-state index contributed by atoms with van der Waals surface area (Å²) in [6, 6.07) is 5.78. The molecule has 0 saturated carbocycles. The van der Waals surface area contributed by atoms with E-state index < -0.39 is 0 Å². The van der Waals surface area contributed by atoms with Crippen LogP contribution in [0.2, 0.25) is 0 Å². The van der Waals surface area contributed by atoms with Gasteiger partial charge in [0.15, 0.2) is 5.82 Å². The Morgan fingerprint density at radius 2 is 2.30 bits per heavy atom. The van der Waals surface area contributed by atoms with E-state index in [1.54, 1.807) is 19.3 Å². The molecule has 1 fully saturated rings. The maximum atomic E-state index is 12.6. The van der Waals surface area contributed by atoms with Crippen LogP contribution in [0.15, 0.2) is 35.1 Å². The average Bonchev–Trinajstić information content (AvgIpc) is 3.38. The minimum atomic E-state index is -0.250. The minimum absolute atomic E-state index is 0.0464. The number of carbonyl (C=O) groups is 1. The molecular weight excluding hydrogens is 348 g/mol. The summed E-state index contributed by atoms with van der Waals surface area (Å²) < 4.78 is 10.9. The number of amides is 1. The van der Waals surface area contributed by atoms with Gasteiger partial charge < -0.3 is 14.2 Å². The molecule has 9 heteroatoms. The van der Waals surface area contributed by atoms with E-state index in [1.165, 1.54) is 0 Å². The van der Waals surface area contributed by atoms with Gasteiger partial charge in [-0.15, -0.1) is 0 Å². The molecule has 1 atom stereocenters. The minimum Gasteiger partial charge on any atom is -0.368 e. The molecule has 1 unspecified atom stereocenters. The molecule has 4 rings (SSSR count). The summed E-state index contributed by atoms with van der Waals surface area (Å²) >= 11 is 0. The lowest BCUT2D eigenvalue weighted by atomic mass is 10.1. The lowest BCUT2D eigenvalue weighted by Gasteiger charge is -2.32. The quantitative estimate of drug-likeness (QED) is 0.730. The summed E-state index contributed by atoms with van der Waals surface area (Å²) in [7, 11) is 0. The van der Waals surface area contributed by atoms with Gasteiger partial charge in [-0.05, 0) is 19.1 Å². The van der Waals surface area contributed by atoms with Crippen LogP contribution >= 0.6 is 0 Å². The van der Waals surface area contributed by atoms with Crippen molar-refractivity contribution in [2.45, 2.75) is 25.9 Å². The number of rotatable bonds is 5. The fourth-order valence-corrected chi connectivity index (χ4v) is 3.05. The van der Waals surface area contributed by atoms with E-state index in [-0.39, 0.29) is 12.0 Å². The number of morpholine rings is 1. The highest BCUT2D eigenvalue weighted by Crippen LogP contribution is 2.24. The Balaban J connectivity index is 1.40. The summed E-state index contributed by atoms with van der Waals surface area (Å²) in [5, 5.41) is 10.5. The van der Waals surface area contributed by atoms with Crippen LogP contribution in [0, 0.1) is 6.92 Å². The van der Waals surface area contributed by atoms with E-state index in [1.807, 2.05) is 23.1 Å². The molecule has 3 aromatic heterocycles. The molecule has 4 heterocycles. The van der Waals surface area contributed by atoms with Crippen LogP contribution in [0.3, 0.4) is 0 Å². The molecule has 0 radical (unpaired) electrons. The van der Waals surface area contributed by atoms with Gasteiger partial charge in [0, 0.05) is 31.1 Å². The van der Waals surface area contributed by atoms with Gasteiger partial charge in [0.1, 0.15) is 6.10 Å². The molecule has 1 N–H and O–H groups in total. The first-order valence-corrected chi connectivity index (χ1v) is 8.84. The van der Waals surface area contributed by atoms with Gasteiger partial charge in [0.25, 0.3) is 0 Å². The Morgan fingerprint density at radius 1 is 1.37 bits per heavy atom. The summed E-state index contributed by atoms with van der Waals surface area (Å²) in [6.45, 7) is 3.28. The maximum absolute atomic E-state index is 12.6. The number of aromatic amines is 1. The first-order chi connectivity index (χ1) is 13.2. The topological polar surface area (TPSA) is 110 Å². The normalized spacial score (nSPS) is 17.2. The van der Waals surface area contributed by atoms with Gasteiger partial charge in [-0.2, -0.15) is 10.1 Å². The first kappa shape index (κ1) is 17.3. The first-order valence-electron chi connectivity index (χ1n) is 8.84. The number of hydrogen-bond donors (Lipinski definition) is 1. The van der Waals surface area contributed by atoms with Gasteiger partial charge in [-0.3, -0.25) is 9.89 Å². The molecule has 0 spiro atoms. The fourth-order valence-electron chi connectivity index (χ4n) is 3.05. The third-order valence-corrected chi connectivity index (χ3v) is 4.44. The van der Waals surface area contributed by atoms with Gasteiger partial charge in [-0.1, -0.05) is 11.2 Å². The van der Waals surface area contributed by atoms with Crippen LogP contribution in [0.4, 0.5) is 0 Å². The molecule has 0 bridgehead atoms. The molecule has 1 saturated heterocycles. The molecule has 1 aliphatic rings. The van der Waals surface area contributed by atoms with Crippen molar-refractivity contribution in [3.8, 4) is 11.3 Å². The van der Waals surface area contributed by atoms with Crippen molar-refractivity contribution in [1.82, 2.24) is 30.2 Å². The van der Waals surface area contributed by atoms with Crippen LogP contribution in [0.1, 0.15) is 29.9 Å². The van der Waals surface area contributed by atoms with E-state index in [9.17, 15) is 4.79 Å². The van der Waals surface area contributed by atoms with Gasteiger partial charge in [0.2, 0.25) is 11.8 Å². The van der Waals surface area contributed by atoms with Crippen molar-refractivity contribution < 1.29 is 14.1 Å². The third kappa shape index (κ3) is 4.03. The van der Waals surface area contributed by atoms with Crippen molar-refractivity contribution in [2.24, 2.45) is 0 Å². The Labute approximate surface area is 155 Å². The standard InChI is InChI=1S/C18H20N6O3/c1-12-21-17(27-23-12)5-6-18(25)24-7-8-26-16(11-24)15-4-2-3-14(22-15)13-9-19-20-10-13/h2-4,9-10,16H,5-8,11H2,1H3,(H,19,20). The molecule has 9 nitrogen and oxygen atoms in total. The number of aryl methyl sites for hydroxylation is 2. The zero-order valence-corrected chi connectivity index (χ0v) is 15.0. The lowest BCUT2D eigenvalue weighted by molar-refractivity contribution is -0.139. The van der Waals surface area contributed by atoms with E-state index >= 15 is 0 Å². The largest absolute Gasteiger partial charge is 0.368 e. The Hall–Kier alpha value is -3.07. The molecule has 0 aliphatic carbocycles. The molecule has 0 aromatic carbocycles. The molecule has 140 valence electrons. The Morgan fingerprint density at radius 3 is 3.07 bits per heavy atom. The van der Waals surface area contributed by atoms with Crippen molar-refractivity contribution in [3.05, 3.63) is 48.0 Å². The predicted octanol–water partition coefficient (Wildman–Crippen LogP) is 1.70. The number of hydrogen-bond acceptors (Lipinski definition) is 7.